The van der Waals surface area contributed by atoms with E-state index < -0.39 is 5.91 Å². The largest absolute Gasteiger partial charge is 0.484 e. The first kappa shape index (κ1) is 15.0. The molecular weight excluding hydrogens is 244 g/mol. The van der Waals surface area contributed by atoms with Crippen LogP contribution < -0.4 is 15.8 Å². The Morgan fingerprint density at radius 3 is 2.47 bits per heavy atom. The lowest BCUT2D eigenvalue weighted by molar-refractivity contribution is -0.120. The van der Waals surface area contributed by atoms with Crippen LogP contribution in [0.5, 0.6) is 5.75 Å². The molecule has 0 bridgehead atoms. The van der Waals surface area contributed by atoms with Crippen molar-refractivity contribution in [2.45, 2.75) is 32.6 Å². The number of anilines is 1. The smallest absolute Gasteiger partial charge is 0.255 e. The van der Waals surface area contributed by atoms with Gasteiger partial charge in [0.05, 0.1) is 0 Å². The van der Waals surface area contributed by atoms with Crippen molar-refractivity contribution in [2.75, 3.05) is 11.9 Å². The van der Waals surface area contributed by atoms with Crippen LogP contribution in [0.15, 0.2) is 24.3 Å². The Balaban J connectivity index is 2.39. The first-order valence-corrected chi connectivity index (χ1v) is 6.43. The molecule has 0 aromatic heterocycles. The molecule has 1 rings (SSSR count). The van der Waals surface area contributed by atoms with Gasteiger partial charge in [-0.3, -0.25) is 9.59 Å². The van der Waals surface area contributed by atoms with Crippen LogP contribution in [0.1, 0.15) is 32.6 Å². The zero-order valence-corrected chi connectivity index (χ0v) is 11.1. The molecule has 0 aliphatic carbocycles. The molecule has 104 valence electrons. The minimum Gasteiger partial charge on any atom is -0.484 e. The Bertz CT molecular complexity index is 415. The maximum Gasteiger partial charge on any atom is 0.255 e. The van der Waals surface area contributed by atoms with Gasteiger partial charge in [-0.2, -0.15) is 0 Å². The van der Waals surface area contributed by atoms with E-state index in [1.807, 2.05) is 0 Å². The van der Waals surface area contributed by atoms with E-state index in [1.165, 1.54) is 0 Å². The number of amides is 2. The molecule has 0 saturated carbocycles. The van der Waals surface area contributed by atoms with Crippen molar-refractivity contribution in [3.8, 4) is 5.75 Å². The van der Waals surface area contributed by atoms with Crippen LogP contribution in [-0.2, 0) is 9.59 Å². The summed E-state index contributed by atoms with van der Waals surface area (Å²) in [5.41, 5.74) is 5.69. The Hall–Kier alpha value is -2.04. The van der Waals surface area contributed by atoms with E-state index >= 15 is 0 Å². The third-order valence-corrected chi connectivity index (χ3v) is 2.53. The van der Waals surface area contributed by atoms with Gasteiger partial charge < -0.3 is 15.8 Å². The molecule has 0 aliphatic rings. The van der Waals surface area contributed by atoms with Gasteiger partial charge in [0, 0.05) is 12.1 Å². The lowest BCUT2D eigenvalue weighted by atomic mass is 10.2. The van der Waals surface area contributed by atoms with Gasteiger partial charge in [0.1, 0.15) is 5.75 Å². The summed E-state index contributed by atoms with van der Waals surface area (Å²) in [6.07, 6.45) is 3.60. The van der Waals surface area contributed by atoms with Crippen molar-refractivity contribution < 1.29 is 14.3 Å². The molecular formula is C14H20N2O3. The van der Waals surface area contributed by atoms with Crippen molar-refractivity contribution in [2.24, 2.45) is 5.73 Å². The Morgan fingerprint density at radius 2 is 1.89 bits per heavy atom. The molecule has 0 radical (unpaired) electrons. The lowest BCUT2D eigenvalue weighted by Gasteiger charge is -2.07. The summed E-state index contributed by atoms with van der Waals surface area (Å²) in [4.78, 5) is 22.1. The first-order valence-electron chi connectivity index (χ1n) is 6.43. The zero-order valence-electron chi connectivity index (χ0n) is 11.1. The van der Waals surface area contributed by atoms with Crippen molar-refractivity contribution >= 4 is 17.5 Å². The first-order chi connectivity index (χ1) is 9.11. The van der Waals surface area contributed by atoms with Crippen LogP contribution in [-0.4, -0.2) is 18.4 Å². The minimum atomic E-state index is -0.520. The van der Waals surface area contributed by atoms with Crippen LogP contribution in [0.4, 0.5) is 5.69 Å². The van der Waals surface area contributed by atoms with E-state index in [1.54, 1.807) is 24.3 Å². The number of nitrogens with two attached hydrogens (primary N) is 1. The predicted molar refractivity (Wildman–Crippen MR) is 73.9 cm³/mol. The van der Waals surface area contributed by atoms with Crippen molar-refractivity contribution in [3.63, 3.8) is 0 Å². The Labute approximate surface area is 113 Å². The average molecular weight is 264 g/mol. The van der Waals surface area contributed by atoms with Gasteiger partial charge in [0.15, 0.2) is 6.61 Å². The molecule has 0 aliphatic heterocycles. The van der Waals surface area contributed by atoms with Crippen molar-refractivity contribution in [3.05, 3.63) is 24.3 Å². The molecule has 0 spiro atoms. The van der Waals surface area contributed by atoms with E-state index in [4.69, 9.17) is 10.5 Å². The number of nitrogens with one attached hydrogen (secondary N) is 1. The quantitative estimate of drug-likeness (QED) is 0.705. The highest BCUT2D eigenvalue weighted by atomic mass is 16.5. The third-order valence-electron chi connectivity index (χ3n) is 2.53. The second kappa shape index (κ2) is 8.13. The Kier molecular flexibility index (Phi) is 6.43. The molecule has 1 aromatic rings. The second-order valence-electron chi connectivity index (χ2n) is 4.28. The highest BCUT2D eigenvalue weighted by molar-refractivity contribution is 5.90. The number of carbonyl (C=O) groups excluding carboxylic acids is 2. The van der Waals surface area contributed by atoms with Gasteiger partial charge in [-0.25, -0.2) is 0 Å². The standard InChI is InChI=1S/C14H20N2O3/c1-2-3-4-5-14(18)16-11-6-8-12(9-7-11)19-10-13(15)17/h6-9H,2-5,10H2,1H3,(H2,15,17)(H,16,18). The fourth-order valence-corrected chi connectivity index (χ4v) is 1.55. The molecule has 0 heterocycles. The molecule has 5 heteroatoms. The number of benzene rings is 1. The molecule has 19 heavy (non-hydrogen) atoms. The van der Waals surface area contributed by atoms with Crippen molar-refractivity contribution in [1.82, 2.24) is 0 Å². The van der Waals surface area contributed by atoms with Crippen LogP contribution in [0.3, 0.4) is 0 Å². The predicted octanol–water partition coefficient (Wildman–Crippen LogP) is 2.07. The van der Waals surface area contributed by atoms with Crippen LogP contribution in [0.2, 0.25) is 0 Å². The normalized spacial score (nSPS) is 9.95. The van der Waals surface area contributed by atoms with Gasteiger partial charge in [-0.1, -0.05) is 19.8 Å². The van der Waals surface area contributed by atoms with Crippen molar-refractivity contribution in [1.29, 1.82) is 0 Å². The van der Waals surface area contributed by atoms with Gasteiger partial charge in [0.25, 0.3) is 5.91 Å². The molecule has 1 aromatic carbocycles. The summed E-state index contributed by atoms with van der Waals surface area (Å²) in [7, 11) is 0. The Morgan fingerprint density at radius 1 is 1.21 bits per heavy atom. The average Bonchev–Trinajstić information content (AvgIpc) is 2.38. The second-order valence-corrected chi connectivity index (χ2v) is 4.28. The molecule has 0 atom stereocenters. The highest BCUT2D eigenvalue weighted by Crippen LogP contribution is 2.16. The van der Waals surface area contributed by atoms with Crippen LogP contribution in [0.25, 0.3) is 0 Å². The van der Waals surface area contributed by atoms with Crippen LogP contribution >= 0.6 is 0 Å². The molecule has 2 amide bonds. The minimum absolute atomic E-state index is 0.0132. The lowest BCUT2D eigenvalue weighted by Crippen LogP contribution is -2.20. The number of carbonyl (C=O) groups is 2. The summed E-state index contributed by atoms with van der Waals surface area (Å²) in [6, 6.07) is 6.83. The fraction of sp³-hybridized carbons (Fsp3) is 0.429. The molecule has 0 unspecified atom stereocenters. The van der Waals surface area contributed by atoms with E-state index in [-0.39, 0.29) is 12.5 Å². The van der Waals surface area contributed by atoms with E-state index in [9.17, 15) is 9.59 Å². The summed E-state index contributed by atoms with van der Waals surface area (Å²) in [5.74, 6) is 0.0374. The third kappa shape index (κ3) is 6.45. The van der Waals surface area contributed by atoms with Gasteiger partial charge in [-0.15, -0.1) is 0 Å². The van der Waals surface area contributed by atoms with Gasteiger partial charge in [0.2, 0.25) is 5.91 Å². The van der Waals surface area contributed by atoms with Crippen LogP contribution in [0, 0.1) is 0 Å². The van der Waals surface area contributed by atoms with E-state index in [0.29, 0.717) is 17.9 Å². The maximum atomic E-state index is 11.6. The number of ether oxygens (including phenoxy) is 1. The van der Waals surface area contributed by atoms with E-state index in [2.05, 4.69) is 12.2 Å². The summed E-state index contributed by atoms with van der Waals surface area (Å²) in [6.45, 7) is 1.95. The van der Waals surface area contributed by atoms with Gasteiger partial charge >= 0.3 is 0 Å². The topological polar surface area (TPSA) is 81.4 Å². The molecule has 0 fully saturated rings. The number of unbranched alkanes of at least 4 members (excludes halogenated alkanes) is 2. The monoisotopic (exact) mass is 264 g/mol. The van der Waals surface area contributed by atoms with E-state index in [0.717, 1.165) is 19.3 Å². The number of hydrogen-bond acceptors (Lipinski definition) is 3. The van der Waals surface area contributed by atoms with Gasteiger partial charge in [-0.05, 0) is 30.7 Å². The summed E-state index contributed by atoms with van der Waals surface area (Å²) in [5, 5.41) is 2.81. The molecule has 5 nitrogen and oxygen atoms in total. The highest BCUT2D eigenvalue weighted by Gasteiger charge is 2.02. The SMILES string of the molecule is CCCCCC(=O)Nc1ccc(OCC(N)=O)cc1. The maximum absolute atomic E-state index is 11.6. The number of primary amides is 1. The number of hydrogen-bond donors (Lipinski definition) is 2. The molecule has 3 N–H and O–H groups in total. The number of rotatable bonds is 8. The zero-order chi connectivity index (χ0) is 14.1. The summed E-state index contributed by atoms with van der Waals surface area (Å²) < 4.78 is 5.12. The fourth-order valence-electron chi connectivity index (χ4n) is 1.55. The summed E-state index contributed by atoms with van der Waals surface area (Å²) >= 11 is 0. The molecule has 0 saturated heterocycles.